The molecule has 0 saturated carbocycles. The Bertz CT molecular complexity index is 512. The zero-order valence-electron chi connectivity index (χ0n) is 14.7. The summed E-state index contributed by atoms with van der Waals surface area (Å²) in [7, 11) is 0. The van der Waals surface area contributed by atoms with Crippen LogP contribution in [0.5, 0.6) is 0 Å². The molecule has 0 aliphatic carbocycles. The van der Waals surface area contributed by atoms with E-state index in [0.717, 1.165) is 19.5 Å². The van der Waals surface area contributed by atoms with Gasteiger partial charge >= 0.3 is 12.1 Å². The van der Waals surface area contributed by atoms with Crippen LogP contribution in [0.15, 0.2) is 30.3 Å². The molecule has 0 saturated heterocycles. The van der Waals surface area contributed by atoms with Crippen LogP contribution in [0, 0.1) is 0 Å². The van der Waals surface area contributed by atoms with Gasteiger partial charge in [0.15, 0.2) is 0 Å². The number of carboxylic acid groups (broad SMARTS) is 1. The SMILES string of the molecule is CC(C)(C)OC(=O)NC(CCCCNCc1ccccc1)C(=O)O. The van der Waals surface area contributed by atoms with Crippen LogP contribution in [0.4, 0.5) is 4.79 Å². The molecule has 6 heteroatoms. The summed E-state index contributed by atoms with van der Waals surface area (Å²) in [6.45, 7) is 6.80. The second-order valence-corrected chi connectivity index (χ2v) is 6.70. The highest BCUT2D eigenvalue weighted by Gasteiger charge is 2.23. The monoisotopic (exact) mass is 336 g/mol. The van der Waals surface area contributed by atoms with Gasteiger partial charge in [0, 0.05) is 6.54 Å². The first kappa shape index (κ1) is 20.0. The highest BCUT2D eigenvalue weighted by Crippen LogP contribution is 2.08. The second-order valence-electron chi connectivity index (χ2n) is 6.70. The van der Waals surface area contributed by atoms with Gasteiger partial charge in [-0.05, 0) is 52.1 Å². The summed E-state index contributed by atoms with van der Waals surface area (Å²) in [5.41, 5.74) is 0.571. The van der Waals surface area contributed by atoms with E-state index in [-0.39, 0.29) is 0 Å². The lowest BCUT2D eigenvalue weighted by molar-refractivity contribution is -0.139. The number of aliphatic carboxylic acids is 1. The van der Waals surface area contributed by atoms with Crippen molar-refractivity contribution in [3.8, 4) is 0 Å². The van der Waals surface area contributed by atoms with Gasteiger partial charge in [0.25, 0.3) is 0 Å². The summed E-state index contributed by atoms with van der Waals surface area (Å²) in [6, 6.07) is 9.16. The number of ether oxygens (including phenoxy) is 1. The topological polar surface area (TPSA) is 87.7 Å². The third-order valence-electron chi connectivity index (χ3n) is 3.26. The number of benzene rings is 1. The van der Waals surface area contributed by atoms with E-state index in [0.29, 0.717) is 12.8 Å². The Morgan fingerprint density at radius 3 is 2.42 bits per heavy atom. The van der Waals surface area contributed by atoms with Crippen molar-refractivity contribution in [2.24, 2.45) is 0 Å². The number of rotatable bonds is 9. The van der Waals surface area contributed by atoms with Gasteiger partial charge < -0.3 is 20.5 Å². The van der Waals surface area contributed by atoms with Gasteiger partial charge in [-0.25, -0.2) is 9.59 Å². The van der Waals surface area contributed by atoms with Crippen LogP contribution in [0.25, 0.3) is 0 Å². The summed E-state index contributed by atoms with van der Waals surface area (Å²) in [5, 5.41) is 14.9. The van der Waals surface area contributed by atoms with E-state index in [4.69, 9.17) is 4.74 Å². The molecule has 3 N–H and O–H groups in total. The number of hydrogen-bond acceptors (Lipinski definition) is 4. The van der Waals surface area contributed by atoms with Crippen LogP contribution in [0.2, 0.25) is 0 Å². The fourth-order valence-electron chi connectivity index (χ4n) is 2.13. The van der Waals surface area contributed by atoms with Gasteiger partial charge in [-0.1, -0.05) is 30.3 Å². The largest absolute Gasteiger partial charge is 0.480 e. The minimum Gasteiger partial charge on any atom is -0.480 e. The quantitative estimate of drug-likeness (QED) is 0.604. The minimum absolute atomic E-state index is 0.377. The van der Waals surface area contributed by atoms with E-state index >= 15 is 0 Å². The number of carboxylic acids is 1. The van der Waals surface area contributed by atoms with Crippen LogP contribution in [-0.2, 0) is 16.1 Å². The molecule has 1 aromatic carbocycles. The molecule has 1 atom stereocenters. The van der Waals surface area contributed by atoms with E-state index in [1.807, 2.05) is 18.2 Å². The first-order valence-corrected chi connectivity index (χ1v) is 8.25. The Labute approximate surface area is 143 Å². The second kappa shape index (κ2) is 9.93. The number of nitrogens with one attached hydrogen (secondary N) is 2. The minimum atomic E-state index is -1.04. The smallest absolute Gasteiger partial charge is 0.408 e. The highest BCUT2D eigenvalue weighted by molar-refractivity contribution is 5.79. The van der Waals surface area contributed by atoms with Crippen molar-refractivity contribution in [1.82, 2.24) is 10.6 Å². The summed E-state index contributed by atoms with van der Waals surface area (Å²) in [5.74, 6) is -1.04. The maximum Gasteiger partial charge on any atom is 0.408 e. The third-order valence-corrected chi connectivity index (χ3v) is 3.26. The lowest BCUT2D eigenvalue weighted by Gasteiger charge is -2.22. The van der Waals surface area contributed by atoms with Gasteiger partial charge in [0.05, 0.1) is 0 Å². The Morgan fingerprint density at radius 2 is 1.83 bits per heavy atom. The van der Waals surface area contributed by atoms with Crippen molar-refractivity contribution in [1.29, 1.82) is 0 Å². The predicted octanol–water partition coefficient (Wildman–Crippen LogP) is 2.92. The number of alkyl carbamates (subject to hydrolysis) is 1. The maximum absolute atomic E-state index is 11.7. The maximum atomic E-state index is 11.7. The molecule has 24 heavy (non-hydrogen) atoms. The molecular weight excluding hydrogens is 308 g/mol. The zero-order valence-corrected chi connectivity index (χ0v) is 14.7. The number of unbranched alkanes of at least 4 members (excludes halogenated alkanes) is 1. The molecule has 0 bridgehead atoms. The number of hydrogen-bond donors (Lipinski definition) is 3. The summed E-state index contributed by atoms with van der Waals surface area (Å²) >= 11 is 0. The molecule has 1 aromatic rings. The Kier molecular flexibility index (Phi) is 8.26. The lowest BCUT2D eigenvalue weighted by Crippen LogP contribution is -2.43. The predicted molar refractivity (Wildman–Crippen MR) is 92.8 cm³/mol. The highest BCUT2D eigenvalue weighted by atomic mass is 16.6. The number of carbonyl (C=O) groups is 2. The Morgan fingerprint density at radius 1 is 1.17 bits per heavy atom. The van der Waals surface area contributed by atoms with E-state index in [1.54, 1.807) is 20.8 Å². The first-order chi connectivity index (χ1) is 11.3. The Balaban J connectivity index is 2.22. The van der Waals surface area contributed by atoms with Crippen molar-refractivity contribution in [3.63, 3.8) is 0 Å². The summed E-state index contributed by atoms with van der Waals surface area (Å²) in [4.78, 5) is 22.9. The average molecular weight is 336 g/mol. The van der Waals surface area contributed by atoms with E-state index < -0.39 is 23.7 Å². The molecule has 0 spiro atoms. The molecule has 0 aliphatic rings. The van der Waals surface area contributed by atoms with Gasteiger partial charge in [-0.3, -0.25) is 0 Å². The number of carbonyl (C=O) groups excluding carboxylic acids is 1. The molecule has 0 aromatic heterocycles. The molecular formula is C18H28N2O4. The van der Waals surface area contributed by atoms with Crippen LogP contribution < -0.4 is 10.6 Å². The van der Waals surface area contributed by atoms with Gasteiger partial charge in [0.1, 0.15) is 11.6 Å². The molecule has 0 aliphatic heterocycles. The molecule has 0 radical (unpaired) electrons. The molecule has 134 valence electrons. The lowest BCUT2D eigenvalue weighted by atomic mass is 10.1. The van der Waals surface area contributed by atoms with Gasteiger partial charge in [-0.15, -0.1) is 0 Å². The van der Waals surface area contributed by atoms with Gasteiger partial charge in [0.2, 0.25) is 0 Å². The molecule has 1 amide bonds. The van der Waals surface area contributed by atoms with E-state index in [1.165, 1.54) is 5.56 Å². The third kappa shape index (κ3) is 9.15. The van der Waals surface area contributed by atoms with Crippen LogP contribution in [0.1, 0.15) is 45.6 Å². The van der Waals surface area contributed by atoms with Crippen LogP contribution >= 0.6 is 0 Å². The zero-order chi connectivity index (χ0) is 18.0. The van der Waals surface area contributed by atoms with Crippen molar-refractivity contribution in [2.45, 2.75) is 58.2 Å². The normalized spacial score (nSPS) is 12.5. The summed E-state index contributed by atoms with van der Waals surface area (Å²) < 4.78 is 5.09. The first-order valence-electron chi connectivity index (χ1n) is 8.25. The van der Waals surface area contributed by atoms with Crippen molar-refractivity contribution >= 4 is 12.1 Å². The molecule has 1 rings (SSSR count). The average Bonchev–Trinajstić information content (AvgIpc) is 2.48. The molecule has 0 heterocycles. The molecule has 1 unspecified atom stereocenters. The standard InChI is InChI=1S/C18H28N2O4/c1-18(2,3)24-17(23)20-15(16(21)22)11-7-8-12-19-13-14-9-5-4-6-10-14/h4-6,9-10,15,19H,7-8,11-13H2,1-3H3,(H,20,23)(H,21,22). The van der Waals surface area contributed by atoms with Crippen LogP contribution in [0.3, 0.4) is 0 Å². The van der Waals surface area contributed by atoms with E-state index in [2.05, 4.69) is 22.8 Å². The molecule has 0 fully saturated rings. The van der Waals surface area contributed by atoms with Crippen molar-refractivity contribution in [2.75, 3.05) is 6.54 Å². The molecule has 6 nitrogen and oxygen atoms in total. The fraction of sp³-hybridized carbons (Fsp3) is 0.556. The Hall–Kier alpha value is -2.08. The fourth-order valence-corrected chi connectivity index (χ4v) is 2.13. The van der Waals surface area contributed by atoms with Gasteiger partial charge in [-0.2, -0.15) is 0 Å². The summed E-state index contributed by atoms with van der Waals surface area (Å²) in [6.07, 6.45) is 1.22. The van der Waals surface area contributed by atoms with E-state index in [9.17, 15) is 14.7 Å². The van der Waals surface area contributed by atoms with Crippen LogP contribution in [-0.4, -0.2) is 35.4 Å². The van der Waals surface area contributed by atoms with Crippen molar-refractivity contribution in [3.05, 3.63) is 35.9 Å². The number of amides is 1. The van der Waals surface area contributed by atoms with Crippen molar-refractivity contribution < 1.29 is 19.4 Å².